The number of nitrogen functional groups attached to an aromatic ring is 1. The molecule has 0 atom stereocenters. The van der Waals surface area contributed by atoms with Crippen LogP contribution in [0.15, 0.2) is 77.9 Å². The molecule has 4 aromatic rings. The van der Waals surface area contributed by atoms with E-state index < -0.39 is 23.1 Å². The molecule has 5 rings (SSSR count). The number of benzene rings is 2. The van der Waals surface area contributed by atoms with E-state index in [1.54, 1.807) is 6.07 Å². The summed E-state index contributed by atoms with van der Waals surface area (Å²) >= 11 is 0. The van der Waals surface area contributed by atoms with Gasteiger partial charge in [0, 0.05) is 41.8 Å². The predicted octanol–water partition coefficient (Wildman–Crippen LogP) is 4.49. The van der Waals surface area contributed by atoms with E-state index in [4.69, 9.17) is 10.5 Å². The van der Waals surface area contributed by atoms with Crippen molar-refractivity contribution >= 4 is 17.4 Å². The Hall–Kier alpha value is -5.01. The maximum atomic E-state index is 15.0. The zero-order valence-electron chi connectivity index (χ0n) is 21.3. The van der Waals surface area contributed by atoms with Crippen molar-refractivity contribution in [3.05, 3.63) is 106 Å². The molecule has 2 aromatic heterocycles. The molecule has 40 heavy (non-hydrogen) atoms. The number of hydrogen-bond acceptors (Lipinski definition) is 6. The Morgan fingerprint density at radius 3 is 2.60 bits per heavy atom. The zero-order valence-corrected chi connectivity index (χ0v) is 21.3. The Morgan fingerprint density at radius 1 is 1.07 bits per heavy atom. The molecule has 0 radical (unpaired) electrons. The van der Waals surface area contributed by atoms with Crippen LogP contribution in [-0.4, -0.2) is 28.5 Å². The minimum Gasteiger partial charge on any atom is -0.453 e. The molecule has 1 aliphatic rings. The number of carbonyl (C=O) groups is 1. The number of nitrogens with one attached hydrogen (secondary N) is 2. The molecule has 1 aliphatic heterocycles. The van der Waals surface area contributed by atoms with Crippen LogP contribution in [0.1, 0.15) is 28.8 Å². The number of anilines is 2. The molecule has 0 aliphatic carbocycles. The number of nitrogens with zero attached hydrogens (tertiary/aromatic N) is 2. The summed E-state index contributed by atoms with van der Waals surface area (Å²) in [5, 5.41) is 5.82. The van der Waals surface area contributed by atoms with E-state index in [2.05, 4.69) is 27.5 Å². The third-order valence-corrected chi connectivity index (χ3v) is 6.39. The third-order valence-electron chi connectivity index (χ3n) is 6.39. The van der Waals surface area contributed by atoms with Crippen molar-refractivity contribution in [3.8, 4) is 29.0 Å². The molecule has 0 spiro atoms. The summed E-state index contributed by atoms with van der Waals surface area (Å²) in [5.74, 6) is 4.89. The smallest absolute Gasteiger partial charge is 0.267 e. The molecule has 0 saturated carbocycles. The van der Waals surface area contributed by atoms with Crippen LogP contribution in [-0.2, 0) is 0 Å². The van der Waals surface area contributed by atoms with Gasteiger partial charge in [0.1, 0.15) is 28.5 Å². The van der Waals surface area contributed by atoms with Gasteiger partial charge in [-0.3, -0.25) is 14.2 Å². The van der Waals surface area contributed by atoms with E-state index >= 15 is 4.39 Å². The molecule has 0 unspecified atom stereocenters. The van der Waals surface area contributed by atoms with Gasteiger partial charge in [-0.05, 0) is 74.5 Å². The van der Waals surface area contributed by atoms with Crippen molar-refractivity contribution in [2.75, 3.05) is 24.1 Å². The van der Waals surface area contributed by atoms with Gasteiger partial charge >= 0.3 is 0 Å². The second-order valence-corrected chi connectivity index (χ2v) is 9.14. The summed E-state index contributed by atoms with van der Waals surface area (Å²) in [4.78, 5) is 29.9. The summed E-state index contributed by atoms with van der Waals surface area (Å²) in [6.45, 7) is 1.79. The second-order valence-electron chi connectivity index (χ2n) is 9.14. The van der Waals surface area contributed by atoms with Gasteiger partial charge in [-0.2, -0.15) is 0 Å². The minimum absolute atomic E-state index is 0.105. The zero-order chi connectivity index (χ0) is 28.1. The summed E-state index contributed by atoms with van der Waals surface area (Å²) in [6, 6.07) is 13.6. The normalized spacial score (nSPS) is 13.2. The maximum Gasteiger partial charge on any atom is 0.267 e. The highest BCUT2D eigenvalue weighted by Gasteiger charge is 2.16. The fourth-order valence-corrected chi connectivity index (χ4v) is 4.26. The first-order valence-electron chi connectivity index (χ1n) is 12.6. The number of amides is 1. The third kappa shape index (κ3) is 6.00. The van der Waals surface area contributed by atoms with Gasteiger partial charge < -0.3 is 21.1 Å². The van der Waals surface area contributed by atoms with Crippen molar-refractivity contribution in [1.29, 1.82) is 0 Å². The minimum atomic E-state index is -0.748. The number of halogens is 2. The monoisotopic (exact) mass is 541 g/mol. The molecular formula is C30H25F2N5O3. The fraction of sp³-hybridized carbons (Fsp3) is 0.167. The summed E-state index contributed by atoms with van der Waals surface area (Å²) < 4.78 is 35.3. The predicted molar refractivity (Wildman–Crippen MR) is 148 cm³/mol. The van der Waals surface area contributed by atoms with Crippen LogP contribution in [0.4, 0.5) is 20.3 Å². The van der Waals surface area contributed by atoms with Crippen molar-refractivity contribution in [2.45, 2.75) is 12.8 Å². The van der Waals surface area contributed by atoms with Gasteiger partial charge in [0.25, 0.3) is 11.5 Å². The fourth-order valence-electron chi connectivity index (χ4n) is 4.26. The number of pyridine rings is 2. The molecule has 2 aromatic carbocycles. The van der Waals surface area contributed by atoms with Crippen molar-refractivity contribution in [2.24, 2.45) is 5.92 Å². The van der Waals surface area contributed by atoms with E-state index in [-0.39, 0.29) is 34.5 Å². The molecule has 1 amide bonds. The van der Waals surface area contributed by atoms with Gasteiger partial charge in [0.2, 0.25) is 0 Å². The number of ether oxygens (including phenoxy) is 1. The number of nitrogens with two attached hydrogens (primary N) is 1. The Balaban J connectivity index is 1.33. The second kappa shape index (κ2) is 11.8. The Kier molecular flexibility index (Phi) is 7.84. The Morgan fingerprint density at radius 2 is 1.85 bits per heavy atom. The number of carbonyl (C=O) groups excluding carboxylic acids is 1. The average molecular weight is 542 g/mol. The molecule has 0 bridgehead atoms. The van der Waals surface area contributed by atoms with Gasteiger partial charge in [0.15, 0.2) is 11.6 Å². The molecule has 1 saturated heterocycles. The van der Waals surface area contributed by atoms with E-state index in [0.29, 0.717) is 11.3 Å². The molecule has 10 heteroatoms. The number of piperidine rings is 1. The highest BCUT2D eigenvalue weighted by molar-refractivity contribution is 6.04. The largest absolute Gasteiger partial charge is 0.453 e. The average Bonchev–Trinajstić information content (AvgIpc) is 2.95. The van der Waals surface area contributed by atoms with Crippen molar-refractivity contribution in [1.82, 2.24) is 14.9 Å². The molecular weight excluding hydrogens is 516 g/mol. The summed E-state index contributed by atoms with van der Waals surface area (Å²) in [5.41, 5.74) is 6.14. The topological polar surface area (TPSA) is 111 Å². The first-order valence-corrected chi connectivity index (χ1v) is 12.6. The van der Waals surface area contributed by atoms with Crippen LogP contribution in [0.3, 0.4) is 0 Å². The Labute approximate surface area is 228 Å². The summed E-state index contributed by atoms with van der Waals surface area (Å²) in [7, 11) is 0. The molecule has 8 nitrogen and oxygen atoms in total. The SMILES string of the molecule is Nc1nccc(Oc2ccc(NC(=O)c3cccn(-c4ccc(F)cc4)c3=O)cc2F)c1C#CC1CCNCC1. The lowest BCUT2D eigenvalue weighted by Crippen LogP contribution is -2.27. The highest BCUT2D eigenvalue weighted by Crippen LogP contribution is 2.30. The molecule has 4 N–H and O–H groups in total. The van der Waals surface area contributed by atoms with Crippen molar-refractivity contribution < 1.29 is 18.3 Å². The van der Waals surface area contributed by atoms with E-state index in [0.717, 1.165) is 32.0 Å². The lowest BCUT2D eigenvalue weighted by Gasteiger charge is -2.17. The van der Waals surface area contributed by atoms with Gasteiger partial charge in [-0.15, -0.1) is 0 Å². The quantitative estimate of drug-likeness (QED) is 0.321. The van der Waals surface area contributed by atoms with Crippen LogP contribution in [0.5, 0.6) is 11.5 Å². The number of hydrogen-bond donors (Lipinski definition) is 3. The number of rotatable bonds is 5. The molecule has 202 valence electrons. The van der Waals surface area contributed by atoms with E-state index in [9.17, 15) is 14.0 Å². The standard InChI is InChI=1S/C30H25F2N5O3/c31-20-4-7-22(8-5-20)37-17-1-2-24(30(37)39)29(38)36-21-6-10-27(25(32)18-21)40-26-13-16-35-28(33)23(26)9-3-19-11-14-34-15-12-19/h1-2,4-8,10,13,16-19,34H,11-12,14-15H2,(H2,33,35)(H,36,38). The first-order chi connectivity index (χ1) is 19.4. The lowest BCUT2D eigenvalue weighted by molar-refractivity contribution is 0.102. The van der Waals surface area contributed by atoms with Crippen molar-refractivity contribution in [3.63, 3.8) is 0 Å². The number of aromatic nitrogens is 2. The Bertz CT molecular complexity index is 1670. The van der Waals surface area contributed by atoms with Gasteiger partial charge in [0.05, 0.1) is 0 Å². The van der Waals surface area contributed by atoms with E-state index in [1.165, 1.54) is 65.5 Å². The summed E-state index contributed by atoms with van der Waals surface area (Å²) in [6.07, 6.45) is 4.77. The molecule has 1 fully saturated rings. The maximum absolute atomic E-state index is 15.0. The first kappa shape index (κ1) is 26.6. The van der Waals surface area contributed by atoms with Crippen LogP contribution >= 0.6 is 0 Å². The highest BCUT2D eigenvalue weighted by atomic mass is 19.1. The van der Waals surface area contributed by atoms with E-state index in [1.807, 2.05) is 0 Å². The van der Waals surface area contributed by atoms with Gasteiger partial charge in [-0.1, -0.05) is 11.8 Å². The lowest BCUT2D eigenvalue weighted by atomic mass is 9.98. The van der Waals surface area contributed by atoms with Crippen LogP contribution < -0.4 is 26.7 Å². The van der Waals surface area contributed by atoms with Gasteiger partial charge in [-0.25, -0.2) is 13.8 Å². The molecule has 3 heterocycles. The van der Waals surface area contributed by atoms with Crippen LogP contribution in [0.2, 0.25) is 0 Å². The van der Waals surface area contributed by atoms with Crippen LogP contribution in [0.25, 0.3) is 5.69 Å². The van der Waals surface area contributed by atoms with Crippen LogP contribution in [0, 0.1) is 29.4 Å².